The van der Waals surface area contributed by atoms with E-state index in [4.69, 9.17) is 9.15 Å². The highest BCUT2D eigenvalue weighted by Crippen LogP contribution is 2.26. The third-order valence-electron chi connectivity index (χ3n) is 5.54. The smallest absolute Gasteiger partial charge is 0.408 e. The second kappa shape index (κ2) is 9.52. The standard InChI is InChI=1S/C23H22F2N4O4/c1-29-19-8-14(4-5-20(19)33-23(29)31)13-2-3-15(18(25)7-13)6-17(9-26)28-22(30)21-11-27-10-16(24)12-32-21/h2-5,7-8,16-17,21,27H,6,10-12H2,1H3,(H,28,30)/t16-,17+,21+/m1/s1. The number of amides is 1. The van der Waals surface area contributed by atoms with Gasteiger partial charge in [0.05, 0.1) is 18.2 Å². The maximum atomic E-state index is 14.8. The average molecular weight is 456 g/mol. The SMILES string of the molecule is Cn1c(=O)oc2ccc(-c3ccc(C[C@@H](C#N)NC(=O)[C@@H]4CNC[C@@H](F)CO4)c(F)c3)cc21. The molecule has 0 unspecified atom stereocenters. The van der Waals surface area contributed by atoms with Crippen molar-refractivity contribution in [1.29, 1.82) is 5.26 Å². The van der Waals surface area contributed by atoms with Crippen LogP contribution in [0, 0.1) is 17.1 Å². The van der Waals surface area contributed by atoms with Gasteiger partial charge in [0.15, 0.2) is 5.58 Å². The van der Waals surface area contributed by atoms with Crippen molar-refractivity contribution in [1.82, 2.24) is 15.2 Å². The number of nitrogens with one attached hydrogen (secondary N) is 2. The lowest BCUT2D eigenvalue weighted by Crippen LogP contribution is -2.46. The fraction of sp³-hybridized carbons (Fsp3) is 0.348. The molecule has 4 rings (SSSR count). The Balaban J connectivity index is 1.47. The summed E-state index contributed by atoms with van der Waals surface area (Å²) in [4.78, 5) is 24.1. The van der Waals surface area contributed by atoms with Crippen molar-refractivity contribution in [2.45, 2.75) is 24.7 Å². The van der Waals surface area contributed by atoms with Crippen LogP contribution in [0.5, 0.6) is 0 Å². The third-order valence-corrected chi connectivity index (χ3v) is 5.54. The number of oxazole rings is 1. The van der Waals surface area contributed by atoms with Crippen molar-refractivity contribution in [3.05, 3.63) is 58.3 Å². The Labute approximate surface area is 187 Å². The largest absolute Gasteiger partial charge is 0.419 e. The zero-order chi connectivity index (χ0) is 23.5. The molecule has 1 aromatic heterocycles. The minimum Gasteiger partial charge on any atom is -0.408 e. The highest BCUT2D eigenvalue weighted by atomic mass is 19.1. The Hall–Kier alpha value is -3.55. The molecule has 0 spiro atoms. The Kier molecular flexibility index (Phi) is 6.53. The number of fused-ring (bicyclic) bond motifs is 1. The second-order valence-corrected chi connectivity index (χ2v) is 7.89. The van der Waals surface area contributed by atoms with Crippen LogP contribution in [0.15, 0.2) is 45.6 Å². The molecule has 3 aromatic rings. The van der Waals surface area contributed by atoms with Gasteiger partial charge in [-0.2, -0.15) is 5.26 Å². The maximum Gasteiger partial charge on any atom is 0.419 e. The topological polar surface area (TPSA) is 109 Å². The number of nitriles is 1. The van der Waals surface area contributed by atoms with Gasteiger partial charge >= 0.3 is 5.76 Å². The van der Waals surface area contributed by atoms with Gasteiger partial charge in [-0.3, -0.25) is 9.36 Å². The van der Waals surface area contributed by atoms with E-state index in [9.17, 15) is 23.6 Å². The van der Waals surface area contributed by atoms with E-state index in [0.29, 0.717) is 22.2 Å². The van der Waals surface area contributed by atoms with Gasteiger partial charge in [0.25, 0.3) is 5.91 Å². The molecule has 1 aliphatic rings. The highest BCUT2D eigenvalue weighted by molar-refractivity contribution is 5.82. The van der Waals surface area contributed by atoms with Gasteiger partial charge in [0.2, 0.25) is 0 Å². The van der Waals surface area contributed by atoms with Crippen molar-refractivity contribution < 1.29 is 22.7 Å². The van der Waals surface area contributed by atoms with E-state index in [-0.39, 0.29) is 31.7 Å². The lowest BCUT2D eigenvalue weighted by molar-refractivity contribution is -0.132. The fourth-order valence-corrected chi connectivity index (χ4v) is 3.69. The number of aryl methyl sites for hydroxylation is 1. The summed E-state index contributed by atoms with van der Waals surface area (Å²) in [6.07, 6.45) is -2.18. The zero-order valence-corrected chi connectivity index (χ0v) is 17.8. The molecule has 1 aliphatic heterocycles. The molecule has 1 fully saturated rings. The Morgan fingerprint density at radius 1 is 1.30 bits per heavy atom. The molecule has 2 aromatic carbocycles. The van der Waals surface area contributed by atoms with Crippen LogP contribution >= 0.6 is 0 Å². The first kappa shape index (κ1) is 22.6. The average Bonchev–Trinajstić information content (AvgIpc) is 2.95. The van der Waals surface area contributed by atoms with E-state index in [1.165, 1.54) is 10.6 Å². The van der Waals surface area contributed by atoms with E-state index < -0.39 is 35.8 Å². The first-order valence-electron chi connectivity index (χ1n) is 10.4. The lowest BCUT2D eigenvalue weighted by atomic mass is 10.00. The Morgan fingerprint density at radius 2 is 2.06 bits per heavy atom. The summed E-state index contributed by atoms with van der Waals surface area (Å²) in [7, 11) is 1.59. The number of alkyl halides is 1. The van der Waals surface area contributed by atoms with Crippen LogP contribution in [0.1, 0.15) is 5.56 Å². The fourth-order valence-electron chi connectivity index (χ4n) is 3.69. The number of benzene rings is 2. The molecule has 2 N–H and O–H groups in total. The second-order valence-electron chi connectivity index (χ2n) is 7.89. The first-order chi connectivity index (χ1) is 15.9. The molecule has 2 heterocycles. The minimum absolute atomic E-state index is 0.0461. The summed E-state index contributed by atoms with van der Waals surface area (Å²) in [5.74, 6) is -1.57. The van der Waals surface area contributed by atoms with Crippen LogP contribution in [-0.4, -0.2) is 48.5 Å². The van der Waals surface area contributed by atoms with Gasteiger partial charge in [-0.05, 0) is 34.9 Å². The number of carbonyl (C=O) groups excluding carboxylic acids is 1. The summed E-state index contributed by atoms with van der Waals surface area (Å²) in [6, 6.07) is 10.7. The number of hydrogen-bond acceptors (Lipinski definition) is 6. The van der Waals surface area contributed by atoms with Gasteiger partial charge in [-0.15, -0.1) is 0 Å². The summed E-state index contributed by atoms with van der Waals surface area (Å²) >= 11 is 0. The number of rotatable bonds is 5. The van der Waals surface area contributed by atoms with Gasteiger partial charge < -0.3 is 19.8 Å². The summed E-state index contributed by atoms with van der Waals surface area (Å²) in [6.45, 7) is 0.00406. The number of hydrogen-bond donors (Lipinski definition) is 2. The zero-order valence-electron chi connectivity index (χ0n) is 17.8. The summed E-state index contributed by atoms with van der Waals surface area (Å²) in [5, 5.41) is 14.8. The highest BCUT2D eigenvalue weighted by Gasteiger charge is 2.26. The van der Waals surface area contributed by atoms with Crippen molar-refractivity contribution in [2.75, 3.05) is 19.7 Å². The molecule has 8 nitrogen and oxygen atoms in total. The van der Waals surface area contributed by atoms with Crippen LogP contribution in [0.2, 0.25) is 0 Å². The molecule has 172 valence electrons. The van der Waals surface area contributed by atoms with Crippen molar-refractivity contribution in [3.8, 4) is 17.2 Å². The summed E-state index contributed by atoms with van der Waals surface area (Å²) < 4.78 is 39.9. The van der Waals surface area contributed by atoms with Crippen LogP contribution in [0.25, 0.3) is 22.2 Å². The van der Waals surface area contributed by atoms with E-state index in [2.05, 4.69) is 10.6 Å². The number of nitrogens with zero attached hydrogens (tertiary/aromatic N) is 2. The van der Waals surface area contributed by atoms with E-state index in [1.54, 1.807) is 37.4 Å². The van der Waals surface area contributed by atoms with Gasteiger partial charge in [0.1, 0.15) is 24.1 Å². The van der Waals surface area contributed by atoms with Crippen LogP contribution < -0.4 is 16.4 Å². The van der Waals surface area contributed by atoms with Crippen LogP contribution in [-0.2, 0) is 23.0 Å². The molecule has 0 aliphatic carbocycles. The molecule has 0 radical (unpaired) electrons. The Morgan fingerprint density at radius 3 is 2.82 bits per heavy atom. The monoisotopic (exact) mass is 456 g/mol. The normalized spacial score (nSPS) is 19.6. The number of aromatic nitrogens is 1. The quantitative estimate of drug-likeness (QED) is 0.606. The molecule has 1 saturated heterocycles. The van der Waals surface area contributed by atoms with Gasteiger partial charge in [-0.25, -0.2) is 13.6 Å². The first-order valence-corrected chi connectivity index (χ1v) is 10.4. The molecule has 3 atom stereocenters. The summed E-state index contributed by atoms with van der Waals surface area (Å²) in [5.41, 5.74) is 2.56. The molecule has 0 saturated carbocycles. The number of carbonyl (C=O) groups is 1. The Bertz CT molecular complexity index is 1280. The lowest BCUT2D eigenvalue weighted by Gasteiger charge is -2.18. The van der Waals surface area contributed by atoms with E-state index in [0.717, 1.165) is 0 Å². The minimum atomic E-state index is -1.21. The number of ether oxygens (including phenoxy) is 1. The molecule has 33 heavy (non-hydrogen) atoms. The molecule has 1 amide bonds. The predicted molar refractivity (Wildman–Crippen MR) is 116 cm³/mol. The number of halogens is 2. The molecule has 0 bridgehead atoms. The predicted octanol–water partition coefficient (Wildman–Crippen LogP) is 1.81. The molecule has 10 heteroatoms. The van der Waals surface area contributed by atoms with E-state index >= 15 is 0 Å². The van der Waals surface area contributed by atoms with Gasteiger partial charge in [-0.1, -0.05) is 18.2 Å². The third kappa shape index (κ3) is 4.94. The molecular weight excluding hydrogens is 434 g/mol. The van der Waals surface area contributed by atoms with Crippen molar-refractivity contribution >= 4 is 17.0 Å². The van der Waals surface area contributed by atoms with E-state index in [1.807, 2.05) is 6.07 Å². The maximum absolute atomic E-state index is 14.8. The van der Waals surface area contributed by atoms with Gasteiger partial charge in [0, 0.05) is 26.6 Å². The van der Waals surface area contributed by atoms with Crippen LogP contribution in [0.4, 0.5) is 8.78 Å². The molecular formula is C23H22F2N4O4. The van der Waals surface area contributed by atoms with Crippen molar-refractivity contribution in [3.63, 3.8) is 0 Å². The van der Waals surface area contributed by atoms with Crippen molar-refractivity contribution in [2.24, 2.45) is 7.05 Å². The van der Waals surface area contributed by atoms with Crippen LogP contribution in [0.3, 0.4) is 0 Å².